The van der Waals surface area contributed by atoms with E-state index in [4.69, 9.17) is 0 Å². The van der Waals surface area contributed by atoms with E-state index in [1.54, 1.807) is 16.8 Å². The molecule has 0 radical (unpaired) electrons. The van der Waals surface area contributed by atoms with Crippen LogP contribution in [0.1, 0.15) is 30.7 Å². The molecule has 0 bridgehead atoms. The van der Waals surface area contributed by atoms with Crippen LogP contribution in [0, 0.1) is 13.8 Å². The van der Waals surface area contributed by atoms with Gasteiger partial charge in [0.05, 0.1) is 12.2 Å². The quantitative estimate of drug-likeness (QED) is 0.873. The minimum Gasteiger partial charge on any atom is -0.383 e. The number of pyridine rings is 1. The fourth-order valence-electron chi connectivity index (χ4n) is 3.41. The number of hydrogen-bond acceptors (Lipinski definition) is 5. The van der Waals surface area contributed by atoms with Gasteiger partial charge in [-0.1, -0.05) is 6.42 Å². The van der Waals surface area contributed by atoms with E-state index in [9.17, 15) is 4.79 Å². The Bertz CT molecular complexity index is 757. The number of aryl methyl sites for hydroxylation is 2. The van der Waals surface area contributed by atoms with Crippen molar-refractivity contribution in [1.29, 1.82) is 0 Å². The van der Waals surface area contributed by atoms with Crippen LogP contribution in [0.5, 0.6) is 0 Å². The zero-order chi connectivity index (χ0) is 17.6. The van der Waals surface area contributed by atoms with E-state index >= 15 is 0 Å². The van der Waals surface area contributed by atoms with Crippen LogP contribution >= 0.6 is 0 Å². The van der Waals surface area contributed by atoms with Gasteiger partial charge in [-0.15, -0.1) is 0 Å². The van der Waals surface area contributed by atoms with Crippen LogP contribution in [0.2, 0.25) is 0 Å². The maximum Gasteiger partial charge on any atom is 0.266 e. The molecule has 3 heterocycles. The molecule has 1 aliphatic rings. The van der Waals surface area contributed by atoms with Gasteiger partial charge in [0.2, 0.25) is 0 Å². The maximum absolute atomic E-state index is 11.9. The molecule has 1 aliphatic heterocycles. The average molecular weight is 341 g/mol. The lowest BCUT2D eigenvalue weighted by atomic mass is 10.0. The number of anilines is 1. The summed E-state index contributed by atoms with van der Waals surface area (Å²) >= 11 is 0. The summed E-state index contributed by atoms with van der Waals surface area (Å²) in [6.45, 7) is 7.43. The number of likely N-dealkylation sites (tertiary alicyclic amines) is 1. The summed E-state index contributed by atoms with van der Waals surface area (Å²) in [6.07, 6.45) is 5.52. The predicted molar refractivity (Wildman–Crippen MR) is 99.9 cm³/mol. The Hall–Kier alpha value is -2.21. The van der Waals surface area contributed by atoms with Crippen LogP contribution in [-0.2, 0) is 6.54 Å². The molecular formula is C19H27N5O. The molecule has 2 aromatic heterocycles. The first-order chi connectivity index (χ1) is 12.1. The molecule has 0 amide bonds. The third-order valence-electron chi connectivity index (χ3n) is 4.79. The van der Waals surface area contributed by atoms with Crippen LogP contribution in [0.3, 0.4) is 0 Å². The number of hydrogen-bond donors (Lipinski definition) is 1. The maximum atomic E-state index is 11.9. The first-order valence-corrected chi connectivity index (χ1v) is 9.07. The molecule has 0 spiro atoms. The third kappa shape index (κ3) is 4.89. The summed E-state index contributed by atoms with van der Waals surface area (Å²) < 4.78 is 1.58. The van der Waals surface area contributed by atoms with Gasteiger partial charge in [-0.25, -0.2) is 4.68 Å². The average Bonchev–Trinajstić information content (AvgIpc) is 2.61. The van der Waals surface area contributed by atoms with Crippen molar-refractivity contribution >= 4 is 5.69 Å². The number of nitrogens with zero attached hydrogens (tertiary/aromatic N) is 4. The van der Waals surface area contributed by atoms with E-state index in [1.165, 1.54) is 19.3 Å². The molecule has 0 saturated carbocycles. The van der Waals surface area contributed by atoms with Crippen molar-refractivity contribution in [2.75, 3.05) is 25.0 Å². The van der Waals surface area contributed by atoms with E-state index in [1.807, 2.05) is 26.1 Å². The normalized spacial score (nSPS) is 18.2. The van der Waals surface area contributed by atoms with Crippen LogP contribution in [0.15, 0.2) is 35.3 Å². The Balaban J connectivity index is 1.59. The standard InChI is InChI=1S/C19H27N5O/c1-15-6-7-19(25)24(22-15)12-11-23-10-4-3-5-18(23)14-21-17-8-9-20-16(2)13-17/h6-9,13,18H,3-5,10-12,14H2,1-2H3,(H,20,21). The first-order valence-electron chi connectivity index (χ1n) is 9.07. The zero-order valence-corrected chi connectivity index (χ0v) is 15.1. The smallest absolute Gasteiger partial charge is 0.266 e. The van der Waals surface area contributed by atoms with Gasteiger partial charge in [-0.3, -0.25) is 14.7 Å². The van der Waals surface area contributed by atoms with Crippen molar-refractivity contribution in [3.63, 3.8) is 0 Å². The van der Waals surface area contributed by atoms with E-state index in [0.717, 1.165) is 36.7 Å². The monoisotopic (exact) mass is 341 g/mol. The molecule has 1 atom stereocenters. The Kier molecular flexibility index (Phi) is 5.81. The summed E-state index contributed by atoms with van der Waals surface area (Å²) in [6, 6.07) is 7.94. The summed E-state index contributed by atoms with van der Waals surface area (Å²) in [5, 5.41) is 7.88. The molecule has 6 nitrogen and oxygen atoms in total. The Morgan fingerprint density at radius 2 is 2.04 bits per heavy atom. The second kappa shape index (κ2) is 8.25. The molecule has 0 aliphatic carbocycles. The molecule has 3 rings (SSSR count). The van der Waals surface area contributed by atoms with Gasteiger partial charge in [0, 0.05) is 42.8 Å². The molecular weight excluding hydrogens is 314 g/mol. The highest BCUT2D eigenvalue weighted by Crippen LogP contribution is 2.18. The van der Waals surface area contributed by atoms with Gasteiger partial charge < -0.3 is 5.32 Å². The molecule has 1 fully saturated rings. The topological polar surface area (TPSA) is 63.1 Å². The lowest BCUT2D eigenvalue weighted by Gasteiger charge is -2.36. The fourth-order valence-corrected chi connectivity index (χ4v) is 3.41. The van der Waals surface area contributed by atoms with Gasteiger partial charge in [0.25, 0.3) is 5.56 Å². The van der Waals surface area contributed by atoms with Crippen molar-refractivity contribution in [2.24, 2.45) is 0 Å². The zero-order valence-electron chi connectivity index (χ0n) is 15.1. The predicted octanol–water partition coefficient (Wildman–Crippen LogP) is 2.22. The second-order valence-corrected chi connectivity index (χ2v) is 6.79. The van der Waals surface area contributed by atoms with Crippen LogP contribution in [0.4, 0.5) is 5.69 Å². The Labute approximate surface area is 148 Å². The van der Waals surface area contributed by atoms with E-state index in [-0.39, 0.29) is 5.56 Å². The number of nitrogens with one attached hydrogen (secondary N) is 1. The highest BCUT2D eigenvalue weighted by atomic mass is 16.1. The highest BCUT2D eigenvalue weighted by Gasteiger charge is 2.22. The van der Waals surface area contributed by atoms with E-state index < -0.39 is 0 Å². The third-order valence-corrected chi connectivity index (χ3v) is 4.79. The van der Waals surface area contributed by atoms with Crippen molar-refractivity contribution in [3.8, 4) is 0 Å². The minimum absolute atomic E-state index is 0.0236. The summed E-state index contributed by atoms with van der Waals surface area (Å²) in [5.41, 5.74) is 3.00. The summed E-state index contributed by atoms with van der Waals surface area (Å²) in [5.74, 6) is 0. The van der Waals surface area contributed by atoms with Gasteiger partial charge in [-0.05, 0) is 51.4 Å². The molecule has 2 aromatic rings. The van der Waals surface area contributed by atoms with Gasteiger partial charge in [0.15, 0.2) is 0 Å². The van der Waals surface area contributed by atoms with Crippen molar-refractivity contribution in [1.82, 2.24) is 19.7 Å². The fraction of sp³-hybridized carbons (Fsp3) is 0.526. The molecule has 1 unspecified atom stereocenters. The SMILES string of the molecule is Cc1cc(NCC2CCCCN2CCn2nc(C)ccc2=O)ccn1. The first kappa shape index (κ1) is 17.6. The Morgan fingerprint density at radius 3 is 2.88 bits per heavy atom. The van der Waals surface area contributed by atoms with Crippen LogP contribution in [0.25, 0.3) is 0 Å². The largest absolute Gasteiger partial charge is 0.383 e. The minimum atomic E-state index is -0.0236. The lowest BCUT2D eigenvalue weighted by molar-refractivity contribution is 0.148. The van der Waals surface area contributed by atoms with Crippen LogP contribution in [-0.4, -0.2) is 45.3 Å². The van der Waals surface area contributed by atoms with Gasteiger partial charge >= 0.3 is 0 Å². The van der Waals surface area contributed by atoms with Crippen LogP contribution < -0.4 is 10.9 Å². The van der Waals surface area contributed by atoms with Crippen molar-refractivity contribution in [2.45, 2.75) is 45.7 Å². The number of piperidine rings is 1. The van der Waals surface area contributed by atoms with Crippen molar-refractivity contribution in [3.05, 3.63) is 52.2 Å². The molecule has 134 valence electrons. The van der Waals surface area contributed by atoms with Gasteiger partial charge in [0.1, 0.15) is 0 Å². The van der Waals surface area contributed by atoms with Crippen molar-refractivity contribution < 1.29 is 0 Å². The number of aromatic nitrogens is 3. The molecule has 0 aromatic carbocycles. The lowest BCUT2D eigenvalue weighted by Crippen LogP contribution is -2.45. The highest BCUT2D eigenvalue weighted by molar-refractivity contribution is 5.43. The summed E-state index contributed by atoms with van der Waals surface area (Å²) in [7, 11) is 0. The van der Waals surface area contributed by atoms with Gasteiger partial charge in [-0.2, -0.15) is 5.10 Å². The molecule has 1 N–H and O–H groups in total. The van der Waals surface area contributed by atoms with E-state index in [2.05, 4.69) is 26.4 Å². The second-order valence-electron chi connectivity index (χ2n) is 6.79. The number of rotatable bonds is 6. The molecule has 25 heavy (non-hydrogen) atoms. The Morgan fingerprint density at radius 1 is 1.16 bits per heavy atom. The molecule has 1 saturated heterocycles. The summed E-state index contributed by atoms with van der Waals surface area (Å²) in [4.78, 5) is 18.7. The van der Waals surface area contributed by atoms with E-state index in [0.29, 0.717) is 12.6 Å². The molecule has 6 heteroatoms.